The Morgan fingerprint density at radius 1 is 0.846 bits per heavy atom. The van der Waals surface area contributed by atoms with Crippen LogP contribution in [0.15, 0.2) is 0 Å². The van der Waals surface area contributed by atoms with E-state index in [1.165, 1.54) is 21.1 Å². The van der Waals surface area contributed by atoms with E-state index in [-0.39, 0.29) is 37.2 Å². The molecule has 0 spiro atoms. The van der Waals surface area contributed by atoms with Crippen molar-refractivity contribution in [3.05, 3.63) is 0 Å². The van der Waals surface area contributed by atoms with E-state index in [1.807, 2.05) is 32.8 Å². The predicted molar refractivity (Wildman–Crippen MR) is 191 cm³/mol. The lowest BCUT2D eigenvalue weighted by Crippen LogP contribution is -2.61. The molecule has 0 radical (unpaired) electrons. The number of cyclic esters (lactones) is 1. The summed E-state index contributed by atoms with van der Waals surface area (Å²) in [7, 11) is 6.77. The van der Waals surface area contributed by atoms with Crippen molar-refractivity contribution in [1.82, 2.24) is 4.90 Å². The first kappa shape index (κ1) is 45.1. The number of ether oxygens (including phenoxy) is 7. The molecule has 3 rings (SSSR count). The quantitative estimate of drug-likeness (QED) is 0.266. The summed E-state index contributed by atoms with van der Waals surface area (Å²) >= 11 is 0. The van der Waals surface area contributed by atoms with Crippen molar-refractivity contribution in [3.8, 4) is 0 Å². The van der Waals surface area contributed by atoms with Gasteiger partial charge in [0.05, 0.1) is 47.6 Å². The van der Waals surface area contributed by atoms with Crippen LogP contribution in [0, 0.1) is 23.7 Å². The maximum atomic E-state index is 14.2. The first-order valence-electron chi connectivity index (χ1n) is 18.9. The van der Waals surface area contributed by atoms with Crippen LogP contribution in [0.5, 0.6) is 0 Å². The number of likely N-dealkylation sites (N-methyl/N-ethyl adjacent to an activating group) is 1. The van der Waals surface area contributed by atoms with Gasteiger partial charge in [-0.15, -0.1) is 0 Å². The van der Waals surface area contributed by atoms with Crippen LogP contribution >= 0.6 is 0 Å². The van der Waals surface area contributed by atoms with Gasteiger partial charge in [-0.3, -0.25) is 9.59 Å². The second kappa shape index (κ2) is 17.7. The fourth-order valence-corrected chi connectivity index (χ4v) is 8.58. The standard InChI is InChI=1S/C38H69NO13/c1-15-26-38(10,45)31(42)21(4)28(40)19(2)17-37(9,47-14)33(52-35-29(41)25(39(11)12)16-20(3)48-35)22(5)30(23(6)34(44)50-26)51-27-18-36(8,46-13)32(43)24(7)49-27/h19-27,29-33,35,41-43,45H,15-18H2,1-14H3/t19-,20+,21-,22-,23+,24-,25-,26-,27+,29-,30+,31+,32+,33-,35-,36-,37+,38+/m0/s1. The van der Waals surface area contributed by atoms with Crippen LogP contribution in [-0.4, -0.2) is 150 Å². The summed E-state index contributed by atoms with van der Waals surface area (Å²) in [6, 6.07) is -0.283. The maximum Gasteiger partial charge on any atom is 0.311 e. The second-order valence-corrected chi connectivity index (χ2v) is 16.6. The highest BCUT2D eigenvalue weighted by Crippen LogP contribution is 2.41. The summed E-state index contributed by atoms with van der Waals surface area (Å²) in [5.41, 5.74) is -4.24. The van der Waals surface area contributed by atoms with Gasteiger partial charge >= 0.3 is 5.97 Å². The summed E-state index contributed by atoms with van der Waals surface area (Å²) < 4.78 is 43.9. The predicted octanol–water partition coefficient (Wildman–Crippen LogP) is 2.44. The zero-order chi connectivity index (χ0) is 39.7. The third kappa shape index (κ3) is 9.38. The van der Waals surface area contributed by atoms with Crippen LogP contribution in [0.3, 0.4) is 0 Å². The average molecular weight is 748 g/mol. The van der Waals surface area contributed by atoms with Crippen molar-refractivity contribution in [2.45, 2.75) is 179 Å². The Hall–Kier alpha value is -1.30. The highest BCUT2D eigenvalue weighted by molar-refractivity contribution is 5.83. The minimum absolute atomic E-state index is 0.111. The van der Waals surface area contributed by atoms with Gasteiger partial charge in [0.1, 0.15) is 29.7 Å². The molecule has 0 aromatic heterocycles. The van der Waals surface area contributed by atoms with Crippen LogP contribution < -0.4 is 0 Å². The van der Waals surface area contributed by atoms with Gasteiger partial charge in [-0.25, -0.2) is 0 Å². The molecule has 3 fully saturated rings. The van der Waals surface area contributed by atoms with E-state index in [4.69, 9.17) is 33.2 Å². The highest BCUT2D eigenvalue weighted by atomic mass is 16.7. The van der Waals surface area contributed by atoms with E-state index in [0.717, 1.165) is 0 Å². The van der Waals surface area contributed by atoms with Crippen LogP contribution in [-0.2, 0) is 42.7 Å². The number of aliphatic hydroxyl groups excluding tert-OH is 3. The molecule has 3 saturated heterocycles. The van der Waals surface area contributed by atoms with Crippen LogP contribution in [0.2, 0.25) is 0 Å². The van der Waals surface area contributed by atoms with Crippen molar-refractivity contribution >= 4 is 11.8 Å². The molecule has 0 amide bonds. The molecule has 3 aliphatic rings. The second-order valence-electron chi connectivity index (χ2n) is 16.6. The zero-order valence-corrected chi connectivity index (χ0v) is 33.9. The number of carbonyl (C=O) groups is 2. The first-order chi connectivity index (χ1) is 24.0. The summed E-state index contributed by atoms with van der Waals surface area (Å²) in [6.07, 6.45) is -8.73. The summed E-state index contributed by atoms with van der Waals surface area (Å²) in [5.74, 6) is -4.47. The largest absolute Gasteiger partial charge is 0.459 e. The molecular weight excluding hydrogens is 678 g/mol. The van der Waals surface area contributed by atoms with Gasteiger partial charge < -0.3 is 58.5 Å². The van der Waals surface area contributed by atoms with Crippen molar-refractivity contribution in [2.75, 3.05) is 28.3 Å². The number of aliphatic hydroxyl groups is 4. The fraction of sp³-hybridized carbons (Fsp3) is 0.947. The Kier molecular flexibility index (Phi) is 15.3. The number of hydrogen-bond acceptors (Lipinski definition) is 14. The number of Topliss-reactive ketones (excluding diaryl/α,β-unsaturated/α-hetero) is 1. The lowest BCUT2D eigenvalue weighted by Gasteiger charge is -2.50. The lowest BCUT2D eigenvalue weighted by atomic mass is 9.74. The van der Waals surface area contributed by atoms with Crippen LogP contribution in [0.25, 0.3) is 0 Å². The van der Waals surface area contributed by atoms with Gasteiger partial charge in [-0.2, -0.15) is 0 Å². The Labute approximate surface area is 310 Å². The number of esters is 1. The van der Waals surface area contributed by atoms with Gasteiger partial charge in [0.25, 0.3) is 0 Å². The first-order valence-corrected chi connectivity index (χ1v) is 18.9. The molecule has 0 aliphatic carbocycles. The number of rotatable bonds is 8. The molecule has 0 bridgehead atoms. The van der Waals surface area contributed by atoms with Crippen LogP contribution in [0.1, 0.15) is 94.9 Å². The fourth-order valence-electron chi connectivity index (χ4n) is 8.58. The van der Waals surface area contributed by atoms with Gasteiger partial charge in [0.2, 0.25) is 0 Å². The molecule has 14 nitrogen and oxygen atoms in total. The topological polar surface area (TPSA) is 183 Å². The minimum atomic E-state index is -1.96. The number of carbonyl (C=O) groups excluding carboxylic acids is 2. The van der Waals surface area contributed by atoms with E-state index >= 15 is 0 Å². The molecule has 304 valence electrons. The number of methoxy groups -OCH3 is 2. The van der Waals surface area contributed by atoms with Crippen molar-refractivity contribution in [1.29, 1.82) is 0 Å². The van der Waals surface area contributed by atoms with Crippen molar-refractivity contribution < 1.29 is 63.2 Å². The minimum Gasteiger partial charge on any atom is -0.459 e. The van der Waals surface area contributed by atoms with Gasteiger partial charge in [-0.1, -0.05) is 27.7 Å². The van der Waals surface area contributed by atoms with E-state index < -0.39 is 102 Å². The molecule has 18 atom stereocenters. The highest BCUT2D eigenvalue weighted by Gasteiger charge is 2.54. The molecule has 0 aromatic carbocycles. The van der Waals surface area contributed by atoms with Gasteiger partial charge in [0, 0.05) is 44.4 Å². The molecular formula is C38H69NO13. The molecule has 0 saturated carbocycles. The molecule has 3 heterocycles. The third-order valence-corrected chi connectivity index (χ3v) is 12.3. The van der Waals surface area contributed by atoms with Crippen LogP contribution in [0.4, 0.5) is 0 Å². The average Bonchev–Trinajstić information content (AvgIpc) is 3.09. The lowest BCUT2D eigenvalue weighted by molar-refractivity contribution is -0.319. The molecule has 3 aliphatic heterocycles. The number of hydrogen-bond donors (Lipinski definition) is 4. The van der Waals surface area contributed by atoms with Gasteiger partial charge in [0.15, 0.2) is 12.6 Å². The SMILES string of the molecule is CC[C@@H]1OC(=O)[C@H](C)[C@H](O[C@@H]2C[C@](C)(OC)[C@H](O)[C@H](C)O2)[C@H](C)[C@H](O[C@@H]2O[C@H](C)C[C@H](N(C)C)[C@@H]2O)[C@](C)(OC)C[C@H](C)C(=O)[C@H](C)[C@@H](O)[C@]1(C)O. The molecule has 4 N–H and O–H groups in total. The van der Waals surface area contributed by atoms with Crippen molar-refractivity contribution in [3.63, 3.8) is 0 Å². The van der Waals surface area contributed by atoms with E-state index in [2.05, 4.69) is 0 Å². The molecule has 0 aromatic rings. The normalized spacial score (nSPS) is 49.0. The number of nitrogens with zero attached hydrogens (tertiary/aromatic N) is 1. The molecule has 0 unspecified atom stereocenters. The Bertz CT molecular complexity index is 1190. The third-order valence-electron chi connectivity index (χ3n) is 12.3. The Morgan fingerprint density at radius 2 is 1.44 bits per heavy atom. The molecule has 52 heavy (non-hydrogen) atoms. The van der Waals surface area contributed by atoms with E-state index in [0.29, 0.717) is 6.42 Å². The smallest absolute Gasteiger partial charge is 0.311 e. The summed E-state index contributed by atoms with van der Waals surface area (Å²) in [6.45, 7) is 17.1. The maximum absolute atomic E-state index is 14.2. The van der Waals surface area contributed by atoms with Gasteiger partial charge in [-0.05, 0) is 74.9 Å². The Balaban J connectivity index is 2.22. The van der Waals surface area contributed by atoms with E-state index in [1.54, 1.807) is 48.5 Å². The zero-order valence-electron chi connectivity index (χ0n) is 33.9. The van der Waals surface area contributed by atoms with E-state index in [9.17, 15) is 30.0 Å². The Morgan fingerprint density at radius 3 is 1.98 bits per heavy atom. The van der Waals surface area contributed by atoms with Crippen molar-refractivity contribution in [2.24, 2.45) is 23.7 Å². The summed E-state index contributed by atoms with van der Waals surface area (Å²) in [5, 5.41) is 45.6. The monoisotopic (exact) mass is 747 g/mol. The number of ketones is 1. The summed E-state index contributed by atoms with van der Waals surface area (Å²) in [4.78, 5) is 30.1. The molecule has 14 heteroatoms.